The summed E-state index contributed by atoms with van der Waals surface area (Å²) in [4.78, 5) is 23.0. The molecule has 8 heteroatoms. The van der Waals surface area contributed by atoms with Crippen molar-refractivity contribution in [1.82, 2.24) is 5.01 Å². The summed E-state index contributed by atoms with van der Waals surface area (Å²) in [5.74, 6) is -0.968. The number of methoxy groups -OCH3 is 2. The van der Waals surface area contributed by atoms with Gasteiger partial charge in [0.05, 0.1) is 0 Å². The van der Waals surface area contributed by atoms with Gasteiger partial charge in [0.25, 0.3) is 0 Å². The molecular formula is C10H13N3O4Se. The summed E-state index contributed by atoms with van der Waals surface area (Å²) in [6.07, 6.45) is 0. The number of hydrogen-bond acceptors (Lipinski definition) is 6. The second-order valence-electron chi connectivity index (χ2n) is 3.34. The summed E-state index contributed by atoms with van der Waals surface area (Å²) >= 11 is -0.471. The Morgan fingerprint density at radius 2 is 1.83 bits per heavy atom. The molecule has 0 aromatic carbocycles. The second-order valence-corrected chi connectivity index (χ2v) is 5.55. The minimum atomic E-state index is -0.502. The molecule has 0 amide bonds. The van der Waals surface area contributed by atoms with Crippen molar-refractivity contribution >= 4 is 32.1 Å². The van der Waals surface area contributed by atoms with Gasteiger partial charge in [0, 0.05) is 0 Å². The van der Waals surface area contributed by atoms with Crippen LogP contribution >= 0.6 is 0 Å². The monoisotopic (exact) mass is 319 g/mol. The number of ether oxygens (including phenoxy) is 2. The van der Waals surface area contributed by atoms with Crippen LogP contribution < -0.4 is 0 Å². The molecule has 1 rings (SSSR count). The molecular weight excluding hydrogens is 305 g/mol. The van der Waals surface area contributed by atoms with E-state index in [0.29, 0.717) is 14.6 Å². The number of rotatable bonds is 4. The Balaban J connectivity index is 3.16. The molecule has 0 aliphatic carbocycles. The van der Waals surface area contributed by atoms with Crippen LogP contribution in [0.4, 0.5) is 5.69 Å². The molecule has 0 radical (unpaired) electrons. The van der Waals surface area contributed by atoms with Gasteiger partial charge in [0.15, 0.2) is 0 Å². The van der Waals surface area contributed by atoms with Crippen LogP contribution in [0.15, 0.2) is 16.4 Å². The molecule has 0 N–H and O–H groups in total. The van der Waals surface area contributed by atoms with Crippen molar-refractivity contribution in [1.29, 1.82) is 0 Å². The van der Waals surface area contributed by atoms with Crippen molar-refractivity contribution in [3.8, 4) is 0 Å². The predicted octanol–water partition coefficient (Wildman–Crippen LogP) is 0.877. The fourth-order valence-electron chi connectivity index (χ4n) is 1.03. The van der Waals surface area contributed by atoms with Crippen molar-refractivity contribution in [3.63, 3.8) is 0 Å². The Kier molecular flexibility index (Phi) is 5.06. The van der Waals surface area contributed by atoms with E-state index in [1.165, 1.54) is 25.3 Å². The fourth-order valence-corrected chi connectivity index (χ4v) is 2.98. The zero-order valence-corrected chi connectivity index (χ0v) is 12.2. The first-order valence-electron chi connectivity index (χ1n) is 4.89. The molecule has 0 aliphatic rings. The zero-order chi connectivity index (χ0) is 13.7. The average molecular weight is 318 g/mol. The first-order valence-corrected chi connectivity index (χ1v) is 6.60. The summed E-state index contributed by atoms with van der Waals surface area (Å²) in [6.45, 7) is 0. The van der Waals surface area contributed by atoms with E-state index < -0.39 is 26.4 Å². The fraction of sp³-hybridized carbons (Fsp3) is 0.400. The Morgan fingerprint density at radius 1 is 1.22 bits per heavy atom. The van der Waals surface area contributed by atoms with Crippen molar-refractivity contribution in [2.75, 3.05) is 28.3 Å². The van der Waals surface area contributed by atoms with Crippen LogP contribution in [0.5, 0.6) is 0 Å². The topological polar surface area (TPSA) is 80.6 Å². The minimum absolute atomic E-state index is 0.343. The van der Waals surface area contributed by atoms with E-state index in [2.05, 4.69) is 19.8 Å². The summed E-state index contributed by atoms with van der Waals surface area (Å²) in [7, 11) is 5.97. The Morgan fingerprint density at radius 3 is 2.33 bits per heavy atom. The van der Waals surface area contributed by atoms with Gasteiger partial charge < -0.3 is 0 Å². The van der Waals surface area contributed by atoms with Gasteiger partial charge in [-0.2, -0.15) is 0 Å². The third-order valence-electron chi connectivity index (χ3n) is 1.80. The molecule has 98 valence electrons. The number of hydrogen-bond donors (Lipinski definition) is 0. The van der Waals surface area contributed by atoms with Gasteiger partial charge in [-0.3, -0.25) is 0 Å². The Labute approximate surface area is 110 Å². The molecule has 1 aromatic rings. The second kappa shape index (κ2) is 6.32. The van der Waals surface area contributed by atoms with Crippen molar-refractivity contribution in [2.24, 2.45) is 10.3 Å². The van der Waals surface area contributed by atoms with Crippen molar-refractivity contribution in [2.45, 2.75) is 0 Å². The van der Waals surface area contributed by atoms with Crippen molar-refractivity contribution < 1.29 is 19.1 Å². The van der Waals surface area contributed by atoms with Crippen LogP contribution in [-0.2, 0) is 9.47 Å². The summed E-state index contributed by atoms with van der Waals surface area (Å²) in [5.41, 5.74) is 0.343. The van der Waals surface area contributed by atoms with Crippen molar-refractivity contribution in [3.05, 3.63) is 14.9 Å². The molecule has 7 nitrogen and oxygen atoms in total. The SMILES string of the molecule is COC(=O)c1cc(N=NN(C)C)c(C(=O)OC)[se]1. The van der Waals surface area contributed by atoms with Gasteiger partial charge in [-0.1, -0.05) is 0 Å². The zero-order valence-electron chi connectivity index (χ0n) is 10.5. The van der Waals surface area contributed by atoms with Crippen LogP contribution in [-0.4, -0.2) is 59.8 Å². The van der Waals surface area contributed by atoms with Crippen LogP contribution in [0.25, 0.3) is 0 Å². The van der Waals surface area contributed by atoms with E-state index in [4.69, 9.17) is 0 Å². The molecule has 1 heterocycles. The first kappa shape index (κ1) is 14.4. The van der Waals surface area contributed by atoms with Crippen LogP contribution in [0.2, 0.25) is 0 Å². The third-order valence-corrected chi connectivity index (χ3v) is 4.08. The van der Waals surface area contributed by atoms with E-state index in [0.717, 1.165) is 0 Å². The van der Waals surface area contributed by atoms with Crippen LogP contribution in [0.1, 0.15) is 18.5 Å². The van der Waals surface area contributed by atoms with Gasteiger partial charge in [-0.15, -0.1) is 0 Å². The molecule has 0 bridgehead atoms. The Hall–Kier alpha value is -1.66. The van der Waals surface area contributed by atoms with Gasteiger partial charge >= 0.3 is 110 Å². The molecule has 0 unspecified atom stereocenters. The number of carbonyl (C=O) groups excluding carboxylic acids is 2. The molecule has 0 spiro atoms. The number of esters is 2. The number of nitrogens with zero attached hydrogens (tertiary/aromatic N) is 3. The standard InChI is InChI=1S/C10H13N3O4Se/c1-13(2)12-11-6-5-7(9(14)16-3)18-8(6)10(15)17-4/h5H,1-4H3. The molecule has 0 saturated heterocycles. The molecule has 1 aromatic heterocycles. The maximum absolute atomic E-state index is 11.6. The number of carbonyl (C=O) groups is 2. The van der Waals surface area contributed by atoms with Crippen LogP contribution in [0, 0.1) is 0 Å². The van der Waals surface area contributed by atoms with E-state index in [1.807, 2.05) is 0 Å². The third kappa shape index (κ3) is 3.41. The summed E-state index contributed by atoms with van der Waals surface area (Å²) in [6, 6.07) is 1.51. The van der Waals surface area contributed by atoms with Gasteiger partial charge in [0.1, 0.15) is 0 Å². The Bertz CT molecular complexity index is 481. The molecule has 0 atom stereocenters. The quantitative estimate of drug-likeness (QED) is 0.356. The van der Waals surface area contributed by atoms with Gasteiger partial charge in [-0.05, 0) is 0 Å². The predicted molar refractivity (Wildman–Crippen MR) is 64.3 cm³/mol. The van der Waals surface area contributed by atoms with Gasteiger partial charge in [-0.25, -0.2) is 0 Å². The van der Waals surface area contributed by atoms with E-state index in [9.17, 15) is 9.59 Å². The molecule has 0 aliphatic heterocycles. The summed E-state index contributed by atoms with van der Waals surface area (Å²) in [5, 5.41) is 9.19. The molecule has 18 heavy (non-hydrogen) atoms. The summed E-state index contributed by atoms with van der Waals surface area (Å²) < 4.78 is 10.0. The van der Waals surface area contributed by atoms with Gasteiger partial charge in [0.2, 0.25) is 0 Å². The molecule has 0 saturated carbocycles. The maximum atomic E-state index is 11.6. The van der Waals surface area contributed by atoms with Crippen LogP contribution in [0.3, 0.4) is 0 Å². The normalized spacial score (nSPS) is 10.4. The average Bonchev–Trinajstić information content (AvgIpc) is 2.78. The van der Waals surface area contributed by atoms with E-state index in [1.54, 1.807) is 14.1 Å². The van der Waals surface area contributed by atoms with E-state index in [-0.39, 0.29) is 0 Å². The van der Waals surface area contributed by atoms with E-state index >= 15 is 0 Å². The first-order chi connectivity index (χ1) is 8.49. The molecule has 0 fully saturated rings.